The zero-order valence-corrected chi connectivity index (χ0v) is 10.7. The summed E-state index contributed by atoms with van der Waals surface area (Å²) in [6.07, 6.45) is 3.74. The zero-order valence-electron chi connectivity index (χ0n) is 10.7. The van der Waals surface area contributed by atoms with Gasteiger partial charge >= 0.3 is 5.97 Å². The molecule has 0 spiro atoms. The van der Waals surface area contributed by atoms with Gasteiger partial charge in [0.1, 0.15) is 6.04 Å². The fourth-order valence-corrected chi connectivity index (χ4v) is 3.10. The van der Waals surface area contributed by atoms with Crippen LogP contribution in [0.4, 0.5) is 0 Å². The Kier molecular flexibility index (Phi) is 4.01. The minimum atomic E-state index is -0.754. The number of likely N-dealkylation sites (N-methyl/N-ethyl adjacent to an activating group) is 2. The number of fused-ring (bicyclic) bond motifs is 2. The van der Waals surface area contributed by atoms with Crippen molar-refractivity contribution in [2.45, 2.75) is 37.4 Å². The SMILES string of the molecule is CNC(CN1CCC2CCC(C1)N2C)C(=O)O. The molecule has 2 rings (SSSR count). The number of rotatable bonds is 4. The molecule has 0 aliphatic carbocycles. The van der Waals surface area contributed by atoms with E-state index in [-0.39, 0.29) is 0 Å². The van der Waals surface area contributed by atoms with Crippen molar-refractivity contribution in [3.8, 4) is 0 Å². The van der Waals surface area contributed by atoms with Crippen LogP contribution in [-0.4, -0.2) is 72.7 Å². The number of likely N-dealkylation sites (tertiary alicyclic amines) is 1. The molecular weight excluding hydrogens is 218 g/mol. The molecule has 0 amide bonds. The number of nitrogens with one attached hydrogen (secondary N) is 1. The van der Waals surface area contributed by atoms with Crippen LogP contribution in [0.1, 0.15) is 19.3 Å². The summed E-state index contributed by atoms with van der Waals surface area (Å²) in [5.74, 6) is -0.754. The number of aliphatic carboxylic acids is 1. The topological polar surface area (TPSA) is 55.8 Å². The summed E-state index contributed by atoms with van der Waals surface area (Å²) in [4.78, 5) is 15.8. The number of carbonyl (C=O) groups is 1. The molecule has 0 aromatic rings. The molecule has 3 atom stereocenters. The van der Waals surface area contributed by atoms with Crippen LogP contribution in [0.25, 0.3) is 0 Å². The van der Waals surface area contributed by atoms with E-state index in [2.05, 4.69) is 22.2 Å². The molecule has 2 fully saturated rings. The summed E-state index contributed by atoms with van der Waals surface area (Å²) in [6, 6.07) is 0.883. The molecule has 0 saturated carbocycles. The van der Waals surface area contributed by atoms with E-state index >= 15 is 0 Å². The third-order valence-corrected chi connectivity index (χ3v) is 4.32. The van der Waals surface area contributed by atoms with Crippen molar-refractivity contribution in [1.82, 2.24) is 15.1 Å². The molecule has 0 radical (unpaired) electrons. The first-order valence-electron chi connectivity index (χ1n) is 6.46. The number of carboxylic acids is 1. The second-order valence-corrected chi connectivity index (χ2v) is 5.28. The van der Waals surface area contributed by atoms with Crippen molar-refractivity contribution in [3.05, 3.63) is 0 Å². The monoisotopic (exact) mass is 241 g/mol. The van der Waals surface area contributed by atoms with Gasteiger partial charge in [-0.2, -0.15) is 0 Å². The Hall–Kier alpha value is -0.650. The van der Waals surface area contributed by atoms with Gasteiger partial charge in [-0.05, 0) is 39.9 Å². The van der Waals surface area contributed by atoms with Crippen molar-refractivity contribution in [2.75, 3.05) is 33.7 Å². The van der Waals surface area contributed by atoms with E-state index in [1.54, 1.807) is 7.05 Å². The Labute approximate surface area is 103 Å². The first kappa shape index (κ1) is 12.8. The summed E-state index contributed by atoms with van der Waals surface area (Å²) in [7, 11) is 3.92. The molecule has 5 heteroatoms. The number of hydrogen-bond acceptors (Lipinski definition) is 4. The predicted octanol–water partition coefficient (Wildman–Crippen LogP) is -0.172. The van der Waals surface area contributed by atoms with Crippen LogP contribution in [0.2, 0.25) is 0 Å². The zero-order chi connectivity index (χ0) is 12.4. The molecule has 2 aliphatic heterocycles. The summed E-state index contributed by atoms with van der Waals surface area (Å²) >= 11 is 0. The maximum Gasteiger partial charge on any atom is 0.322 e. The van der Waals surface area contributed by atoms with Crippen LogP contribution in [0, 0.1) is 0 Å². The van der Waals surface area contributed by atoms with Crippen LogP contribution in [0.15, 0.2) is 0 Å². The first-order valence-corrected chi connectivity index (χ1v) is 6.46. The van der Waals surface area contributed by atoms with E-state index in [1.807, 2.05) is 0 Å². The van der Waals surface area contributed by atoms with Crippen LogP contribution in [0.3, 0.4) is 0 Å². The Morgan fingerprint density at radius 2 is 2.12 bits per heavy atom. The maximum absolute atomic E-state index is 11.0. The highest BCUT2D eigenvalue weighted by Crippen LogP contribution is 2.28. The Morgan fingerprint density at radius 1 is 1.41 bits per heavy atom. The molecule has 98 valence electrons. The minimum absolute atomic E-state index is 0.447. The van der Waals surface area contributed by atoms with Crippen molar-refractivity contribution in [1.29, 1.82) is 0 Å². The third kappa shape index (κ3) is 2.78. The second-order valence-electron chi connectivity index (χ2n) is 5.28. The molecule has 3 unspecified atom stereocenters. The molecule has 0 aromatic heterocycles. The van der Waals surface area contributed by atoms with Crippen molar-refractivity contribution in [3.63, 3.8) is 0 Å². The molecule has 2 heterocycles. The van der Waals surface area contributed by atoms with Crippen LogP contribution in [-0.2, 0) is 4.79 Å². The number of nitrogens with zero attached hydrogens (tertiary/aromatic N) is 2. The Balaban J connectivity index is 1.92. The van der Waals surface area contributed by atoms with Gasteiger partial charge in [-0.25, -0.2) is 0 Å². The van der Waals surface area contributed by atoms with Gasteiger partial charge in [-0.1, -0.05) is 0 Å². The average Bonchev–Trinajstić information content (AvgIpc) is 2.52. The van der Waals surface area contributed by atoms with E-state index in [4.69, 9.17) is 5.11 Å². The highest BCUT2D eigenvalue weighted by molar-refractivity contribution is 5.73. The Morgan fingerprint density at radius 3 is 2.76 bits per heavy atom. The summed E-state index contributed by atoms with van der Waals surface area (Å²) in [5.41, 5.74) is 0. The molecule has 2 aliphatic rings. The van der Waals surface area contributed by atoms with Crippen molar-refractivity contribution < 1.29 is 9.90 Å². The minimum Gasteiger partial charge on any atom is -0.480 e. The van der Waals surface area contributed by atoms with Gasteiger partial charge in [0, 0.05) is 25.2 Å². The van der Waals surface area contributed by atoms with Gasteiger partial charge < -0.3 is 10.4 Å². The standard InChI is InChI=1S/C12H23N3O2/c1-13-11(12(16)17)8-15-6-5-9-3-4-10(7-15)14(9)2/h9-11,13H,3-8H2,1-2H3,(H,16,17). The van der Waals surface area contributed by atoms with Gasteiger partial charge in [0.05, 0.1) is 0 Å². The fraction of sp³-hybridized carbons (Fsp3) is 0.917. The lowest BCUT2D eigenvalue weighted by molar-refractivity contribution is -0.139. The second kappa shape index (κ2) is 5.33. The van der Waals surface area contributed by atoms with Crippen molar-refractivity contribution >= 4 is 5.97 Å². The van der Waals surface area contributed by atoms with Crippen LogP contribution < -0.4 is 5.32 Å². The van der Waals surface area contributed by atoms with Crippen molar-refractivity contribution in [2.24, 2.45) is 0 Å². The largest absolute Gasteiger partial charge is 0.480 e. The fourth-order valence-electron chi connectivity index (χ4n) is 3.10. The van der Waals surface area contributed by atoms with Gasteiger partial charge in [0.25, 0.3) is 0 Å². The quantitative estimate of drug-likeness (QED) is 0.715. The molecule has 2 bridgehead atoms. The summed E-state index contributed by atoms with van der Waals surface area (Å²) in [6.45, 7) is 2.65. The van der Waals surface area contributed by atoms with Gasteiger partial charge in [0.15, 0.2) is 0 Å². The van der Waals surface area contributed by atoms with Gasteiger partial charge in [0.2, 0.25) is 0 Å². The van der Waals surface area contributed by atoms with E-state index in [0.29, 0.717) is 18.6 Å². The molecule has 2 saturated heterocycles. The van der Waals surface area contributed by atoms with Gasteiger partial charge in [-0.3, -0.25) is 14.6 Å². The maximum atomic E-state index is 11.0. The highest BCUT2D eigenvalue weighted by atomic mass is 16.4. The van der Waals surface area contributed by atoms with E-state index in [9.17, 15) is 4.79 Å². The number of hydrogen-bond donors (Lipinski definition) is 2. The predicted molar refractivity (Wildman–Crippen MR) is 66.1 cm³/mol. The lowest BCUT2D eigenvalue weighted by atomic mass is 10.1. The summed E-state index contributed by atoms with van der Waals surface area (Å²) in [5, 5.41) is 11.9. The first-order chi connectivity index (χ1) is 8.11. The molecule has 17 heavy (non-hydrogen) atoms. The van der Waals surface area contributed by atoms with E-state index in [1.165, 1.54) is 19.3 Å². The normalized spacial score (nSPS) is 32.4. The molecule has 0 aromatic carbocycles. The lowest BCUT2D eigenvalue weighted by Gasteiger charge is -2.27. The van der Waals surface area contributed by atoms with E-state index < -0.39 is 12.0 Å². The smallest absolute Gasteiger partial charge is 0.322 e. The molecular formula is C12H23N3O2. The van der Waals surface area contributed by atoms with Crippen LogP contribution in [0.5, 0.6) is 0 Å². The number of carboxylic acid groups (broad SMARTS) is 1. The highest BCUT2D eigenvalue weighted by Gasteiger charge is 2.35. The molecule has 5 nitrogen and oxygen atoms in total. The lowest BCUT2D eigenvalue weighted by Crippen LogP contribution is -2.47. The van der Waals surface area contributed by atoms with Crippen LogP contribution >= 0.6 is 0 Å². The van der Waals surface area contributed by atoms with E-state index in [0.717, 1.165) is 13.1 Å². The third-order valence-electron chi connectivity index (χ3n) is 4.32. The Bertz CT molecular complexity index is 285. The average molecular weight is 241 g/mol. The molecule has 2 N–H and O–H groups in total. The summed E-state index contributed by atoms with van der Waals surface area (Å²) < 4.78 is 0. The van der Waals surface area contributed by atoms with Gasteiger partial charge in [-0.15, -0.1) is 0 Å².